The third-order valence-electron chi connectivity index (χ3n) is 3.38. The first kappa shape index (κ1) is 15.9. The van der Waals surface area contributed by atoms with E-state index in [9.17, 15) is 13.6 Å². The van der Waals surface area contributed by atoms with E-state index >= 15 is 0 Å². The first-order valence-electron chi connectivity index (χ1n) is 6.81. The van der Waals surface area contributed by atoms with Gasteiger partial charge in [-0.25, -0.2) is 8.78 Å². The molecule has 0 fully saturated rings. The van der Waals surface area contributed by atoms with E-state index in [-0.39, 0.29) is 24.4 Å². The first-order valence-corrected chi connectivity index (χ1v) is 6.81. The van der Waals surface area contributed by atoms with Crippen LogP contribution >= 0.6 is 0 Å². The number of carbonyl (C=O) groups is 1. The van der Waals surface area contributed by atoms with Crippen LogP contribution in [0.4, 0.5) is 8.78 Å². The molecule has 3 nitrogen and oxygen atoms in total. The minimum absolute atomic E-state index is 0.0834. The standard InChI is InChI=1S/C17H17F2NO2/c1-20(11-13-7-8-14(18)10-15(13)19)17(21)9-12-5-3-4-6-16(12)22-2/h3-8,10H,9,11H2,1-2H3. The van der Waals surface area contributed by atoms with Crippen molar-refractivity contribution in [2.45, 2.75) is 13.0 Å². The molecule has 5 heteroatoms. The Labute approximate surface area is 128 Å². The number of para-hydroxylation sites is 1. The smallest absolute Gasteiger partial charge is 0.227 e. The van der Waals surface area contributed by atoms with Crippen LogP contribution in [0.25, 0.3) is 0 Å². The van der Waals surface area contributed by atoms with Gasteiger partial charge in [-0.3, -0.25) is 4.79 Å². The van der Waals surface area contributed by atoms with E-state index in [1.807, 2.05) is 18.2 Å². The van der Waals surface area contributed by atoms with E-state index in [4.69, 9.17) is 4.74 Å². The molecular weight excluding hydrogens is 288 g/mol. The van der Waals surface area contributed by atoms with Crippen LogP contribution in [0, 0.1) is 11.6 Å². The lowest BCUT2D eigenvalue weighted by Gasteiger charge is -2.18. The first-order chi connectivity index (χ1) is 10.5. The highest BCUT2D eigenvalue weighted by Crippen LogP contribution is 2.19. The summed E-state index contributed by atoms with van der Waals surface area (Å²) in [6.45, 7) is 0.0834. The average molecular weight is 305 g/mol. The highest BCUT2D eigenvalue weighted by Gasteiger charge is 2.14. The highest BCUT2D eigenvalue weighted by atomic mass is 19.1. The molecule has 2 rings (SSSR count). The van der Waals surface area contributed by atoms with E-state index in [0.29, 0.717) is 5.75 Å². The van der Waals surface area contributed by atoms with E-state index in [1.165, 1.54) is 17.0 Å². The van der Waals surface area contributed by atoms with Gasteiger partial charge < -0.3 is 9.64 Å². The van der Waals surface area contributed by atoms with Crippen molar-refractivity contribution in [2.75, 3.05) is 14.2 Å². The summed E-state index contributed by atoms with van der Waals surface area (Å²) in [6.07, 6.45) is 0.156. The lowest BCUT2D eigenvalue weighted by atomic mass is 10.1. The van der Waals surface area contributed by atoms with Crippen LogP contribution < -0.4 is 4.74 Å². The number of likely N-dealkylation sites (N-methyl/N-ethyl adjacent to an activating group) is 1. The van der Waals surface area contributed by atoms with Gasteiger partial charge in [0, 0.05) is 30.8 Å². The number of ether oxygens (including phenoxy) is 1. The van der Waals surface area contributed by atoms with Crippen molar-refractivity contribution in [2.24, 2.45) is 0 Å². The fraction of sp³-hybridized carbons (Fsp3) is 0.235. The van der Waals surface area contributed by atoms with Gasteiger partial charge in [-0.1, -0.05) is 24.3 Å². The topological polar surface area (TPSA) is 29.5 Å². The lowest BCUT2D eigenvalue weighted by molar-refractivity contribution is -0.129. The summed E-state index contributed by atoms with van der Waals surface area (Å²) < 4.78 is 31.7. The second-order valence-corrected chi connectivity index (χ2v) is 4.97. The second kappa shape index (κ2) is 7.02. The molecule has 1 amide bonds. The molecule has 0 atom stereocenters. The van der Waals surface area contributed by atoms with Gasteiger partial charge in [0.1, 0.15) is 17.4 Å². The SMILES string of the molecule is COc1ccccc1CC(=O)N(C)Cc1ccc(F)cc1F. The normalized spacial score (nSPS) is 10.4. The van der Waals surface area contributed by atoms with E-state index < -0.39 is 11.6 Å². The van der Waals surface area contributed by atoms with Gasteiger partial charge >= 0.3 is 0 Å². The van der Waals surface area contributed by atoms with E-state index in [1.54, 1.807) is 20.2 Å². The largest absolute Gasteiger partial charge is 0.496 e. The molecule has 0 radical (unpaired) electrons. The van der Waals surface area contributed by atoms with Crippen molar-refractivity contribution in [1.82, 2.24) is 4.90 Å². The van der Waals surface area contributed by atoms with Crippen LogP contribution in [0.3, 0.4) is 0 Å². The van der Waals surface area contributed by atoms with Crippen molar-refractivity contribution in [3.63, 3.8) is 0 Å². The predicted octanol–water partition coefficient (Wildman–Crippen LogP) is 3.17. The van der Waals surface area contributed by atoms with Gasteiger partial charge in [0.15, 0.2) is 0 Å². The molecule has 0 aliphatic carbocycles. The van der Waals surface area contributed by atoms with Crippen LogP contribution in [0.1, 0.15) is 11.1 Å². The van der Waals surface area contributed by atoms with Gasteiger partial charge in [-0.05, 0) is 12.1 Å². The van der Waals surface area contributed by atoms with Crippen LogP contribution in [0.2, 0.25) is 0 Å². The summed E-state index contributed by atoms with van der Waals surface area (Å²) in [4.78, 5) is 13.6. The maximum absolute atomic E-state index is 13.6. The number of carbonyl (C=O) groups excluding carboxylic acids is 1. The highest BCUT2D eigenvalue weighted by molar-refractivity contribution is 5.79. The molecule has 0 saturated heterocycles. The number of hydrogen-bond donors (Lipinski definition) is 0. The maximum atomic E-state index is 13.6. The van der Waals surface area contributed by atoms with Crippen molar-refractivity contribution in [3.8, 4) is 5.75 Å². The van der Waals surface area contributed by atoms with Crippen molar-refractivity contribution in [3.05, 3.63) is 65.2 Å². The molecule has 0 spiro atoms. The van der Waals surface area contributed by atoms with E-state index in [2.05, 4.69) is 0 Å². The fourth-order valence-electron chi connectivity index (χ4n) is 2.14. The fourth-order valence-corrected chi connectivity index (χ4v) is 2.14. The van der Waals surface area contributed by atoms with Gasteiger partial charge in [0.05, 0.1) is 13.5 Å². The van der Waals surface area contributed by atoms with Crippen molar-refractivity contribution >= 4 is 5.91 Å². The third-order valence-corrected chi connectivity index (χ3v) is 3.38. The second-order valence-electron chi connectivity index (χ2n) is 4.97. The Bertz CT molecular complexity index is 673. The summed E-state index contributed by atoms with van der Waals surface area (Å²) in [7, 11) is 3.13. The number of methoxy groups -OCH3 is 1. The minimum Gasteiger partial charge on any atom is -0.496 e. The number of amides is 1. The molecule has 0 bridgehead atoms. The number of rotatable bonds is 5. The van der Waals surface area contributed by atoms with Gasteiger partial charge in [0.25, 0.3) is 0 Å². The summed E-state index contributed by atoms with van der Waals surface area (Å²) in [6, 6.07) is 10.6. The van der Waals surface area contributed by atoms with Crippen LogP contribution in [-0.4, -0.2) is 25.0 Å². The Morgan fingerprint density at radius 2 is 1.86 bits per heavy atom. The zero-order valence-electron chi connectivity index (χ0n) is 12.5. The quantitative estimate of drug-likeness (QED) is 0.849. The Morgan fingerprint density at radius 1 is 1.14 bits per heavy atom. The molecule has 0 aliphatic heterocycles. The van der Waals surface area contributed by atoms with Crippen molar-refractivity contribution in [1.29, 1.82) is 0 Å². The van der Waals surface area contributed by atoms with Crippen LogP contribution in [0.5, 0.6) is 5.75 Å². The lowest BCUT2D eigenvalue weighted by Crippen LogP contribution is -2.28. The number of halogens is 2. The van der Waals surface area contributed by atoms with Crippen LogP contribution in [0.15, 0.2) is 42.5 Å². The number of nitrogens with zero attached hydrogens (tertiary/aromatic N) is 1. The van der Waals surface area contributed by atoms with E-state index in [0.717, 1.165) is 11.6 Å². The number of benzene rings is 2. The molecule has 0 heterocycles. The average Bonchev–Trinajstić information content (AvgIpc) is 2.50. The molecule has 2 aromatic rings. The molecule has 22 heavy (non-hydrogen) atoms. The molecule has 0 aromatic heterocycles. The molecule has 116 valence electrons. The zero-order valence-corrected chi connectivity index (χ0v) is 12.5. The zero-order chi connectivity index (χ0) is 16.1. The summed E-state index contributed by atoms with van der Waals surface area (Å²) in [5.74, 6) is -0.827. The van der Waals surface area contributed by atoms with Crippen LogP contribution in [-0.2, 0) is 17.8 Å². The molecule has 2 aromatic carbocycles. The predicted molar refractivity (Wildman–Crippen MR) is 79.5 cm³/mol. The summed E-state index contributed by atoms with van der Waals surface area (Å²) in [5, 5.41) is 0. The van der Waals surface area contributed by atoms with Gasteiger partial charge in [-0.2, -0.15) is 0 Å². The Balaban J connectivity index is 2.06. The Morgan fingerprint density at radius 3 is 2.55 bits per heavy atom. The monoisotopic (exact) mass is 305 g/mol. The Kier molecular flexibility index (Phi) is 5.09. The molecule has 0 saturated carbocycles. The summed E-state index contributed by atoms with van der Waals surface area (Å²) >= 11 is 0. The molecule has 0 unspecified atom stereocenters. The molecule has 0 aliphatic rings. The van der Waals surface area contributed by atoms with Crippen molar-refractivity contribution < 1.29 is 18.3 Å². The molecule has 0 N–H and O–H groups in total. The molecular formula is C17H17F2NO2. The Hall–Kier alpha value is -2.43. The maximum Gasteiger partial charge on any atom is 0.227 e. The third kappa shape index (κ3) is 3.81. The number of hydrogen-bond acceptors (Lipinski definition) is 2. The van der Waals surface area contributed by atoms with Gasteiger partial charge in [0.2, 0.25) is 5.91 Å². The summed E-state index contributed by atoms with van der Waals surface area (Å²) in [5.41, 5.74) is 1.04. The van der Waals surface area contributed by atoms with Gasteiger partial charge in [-0.15, -0.1) is 0 Å². The minimum atomic E-state index is -0.656.